The second-order valence-corrected chi connectivity index (χ2v) is 5.03. The lowest BCUT2D eigenvalue weighted by Gasteiger charge is -2.39. The molecule has 0 bridgehead atoms. The van der Waals surface area contributed by atoms with Crippen molar-refractivity contribution in [3.63, 3.8) is 0 Å². The molecule has 1 saturated heterocycles. The van der Waals surface area contributed by atoms with E-state index in [4.69, 9.17) is 10.5 Å². The van der Waals surface area contributed by atoms with E-state index in [1.165, 1.54) is 0 Å². The standard InChI is InChI=1S/C14H19N5O/c1-20-11-4-7-19(10(8-11)9-15)13-3-2-12-14(18-13)17-6-5-16-12/h2-3,5-6,10-11H,4,7-9,15H2,1H3. The minimum Gasteiger partial charge on any atom is -0.381 e. The van der Waals surface area contributed by atoms with Crippen molar-refractivity contribution in [3.8, 4) is 0 Å². The number of ether oxygens (including phenoxy) is 1. The van der Waals surface area contributed by atoms with Crippen LogP contribution >= 0.6 is 0 Å². The van der Waals surface area contributed by atoms with Gasteiger partial charge < -0.3 is 15.4 Å². The van der Waals surface area contributed by atoms with Gasteiger partial charge in [0.2, 0.25) is 0 Å². The van der Waals surface area contributed by atoms with Crippen molar-refractivity contribution in [1.29, 1.82) is 0 Å². The zero-order valence-corrected chi connectivity index (χ0v) is 11.6. The Morgan fingerprint density at radius 1 is 1.35 bits per heavy atom. The van der Waals surface area contributed by atoms with Gasteiger partial charge in [0.05, 0.1) is 6.10 Å². The number of hydrogen-bond acceptors (Lipinski definition) is 6. The zero-order chi connectivity index (χ0) is 13.9. The number of rotatable bonds is 3. The molecule has 3 heterocycles. The van der Waals surface area contributed by atoms with E-state index in [2.05, 4.69) is 19.9 Å². The Labute approximate surface area is 118 Å². The molecule has 106 valence electrons. The molecule has 2 unspecified atom stereocenters. The zero-order valence-electron chi connectivity index (χ0n) is 11.6. The Morgan fingerprint density at radius 3 is 3.00 bits per heavy atom. The molecule has 2 aromatic heterocycles. The van der Waals surface area contributed by atoms with Crippen molar-refractivity contribution < 1.29 is 4.74 Å². The molecule has 6 nitrogen and oxygen atoms in total. The molecule has 20 heavy (non-hydrogen) atoms. The Balaban J connectivity index is 1.89. The molecule has 3 rings (SSSR count). The van der Waals surface area contributed by atoms with E-state index in [0.717, 1.165) is 30.7 Å². The number of methoxy groups -OCH3 is 1. The van der Waals surface area contributed by atoms with Gasteiger partial charge in [0.1, 0.15) is 11.3 Å². The Bertz CT molecular complexity index is 591. The molecule has 6 heteroatoms. The van der Waals surface area contributed by atoms with Crippen molar-refractivity contribution >= 4 is 17.0 Å². The minimum absolute atomic E-state index is 0.260. The van der Waals surface area contributed by atoms with Crippen LogP contribution in [0.5, 0.6) is 0 Å². The van der Waals surface area contributed by atoms with Crippen LogP contribution < -0.4 is 10.6 Å². The van der Waals surface area contributed by atoms with Gasteiger partial charge in [0.15, 0.2) is 5.65 Å². The van der Waals surface area contributed by atoms with Gasteiger partial charge in [-0.05, 0) is 25.0 Å². The largest absolute Gasteiger partial charge is 0.381 e. The first-order valence-electron chi connectivity index (χ1n) is 6.89. The van der Waals surface area contributed by atoms with E-state index in [1.807, 2.05) is 12.1 Å². The van der Waals surface area contributed by atoms with Crippen LogP contribution in [0.3, 0.4) is 0 Å². The lowest BCUT2D eigenvalue weighted by molar-refractivity contribution is 0.0708. The van der Waals surface area contributed by atoms with Crippen LogP contribution in [-0.2, 0) is 4.74 Å². The molecule has 2 N–H and O–H groups in total. The summed E-state index contributed by atoms with van der Waals surface area (Å²) in [5, 5.41) is 0. The fourth-order valence-electron chi connectivity index (χ4n) is 2.76. The van der Waals surface area contributed by atoms with Gasteiger partial charge in [0, 0.05) is 38.6 Å². The van der Waals surface area contributed by atoms with E-state index < -0.39 is 0 Å². The number of hydrogen-bond donors (Lipinski definition) is 1. The van der Waals surface area contributed by atoms with E-state index in [1.54, 1.807) is 19.5 Å². The summed E-state index contributed by atoms with van der Waals surface area (Å²) in [7, 11) is 1.76. The normalized spacial score (nSPS) is 23.2. The lowest BCUT2D eigenvalue weighted by Crippen LogP contribution is -2.49. The second kappa shape index (κ2) is 5.68. The van der Waals surface area contributed by atoms with Crippen molar-refractivity contribution in [1.82, 2.24) is 15.0 Å². The summed E-state index contributed by atoms with van der Waals surface area (Å²) in [5.74, 6) is 0.919. The summed E-state index contributed by atoms with van der Waals surface area (Å²) in [6.07, 6.45) is 5.56. The van der Waals surface area contributed by atoms with Crippen molar-refractivity contribution in [3.05, 3.63) is 24.5 Å². The first kappa shape index (κ1) is 13.2. The average molecular weight is 273 g/mol. The van der Waals surface area contributed by atoms with E-state index in [-0.39, 0.29) is 6.04 Å². The number of pyridine rings is 1. The number of nitrogens with two attached hydrogens (primary N) is 1. The predicted molar refractivity (Wildman–Crippen MR) is 77.6 cm³/mol. The maximum atomic E-state index is 5.91. The molecule has 2 aromatic rings. The van der Waals surface area contributed by atoms with Crippen molar-refractivity contribution in [2.75, 3.05) is 25.1 Å². The van der Waals surface area contributed by atoms with Crippen LogP contribution in [-0.4, -0.2) is 47.3 Å². The van der Waals surface area contributed by atoms with Gasteiger partial charge in [0.25, 0.3) is 0 Å². The summed E-state index contributed by atoms with van der Waals surface area (Å²) in [6, 6.07) is 4.21. The fraction of sp³-hybridized carbons (Fsp3) is 0.500. The molecule has 0 aromatic carbocycles. The molecule has 1 fully saturated rings. The van der Waals surface area contributed by atoms with E-state index in [9.17, 15) is 0 Å². The van der Waals surface area contributed by atoms with Gasteiger partial charge in [-0.25, -0.2) is 9.97 Å². The highest BCUT2D eigenvalue weighted by Crippen LogP contribution is 2.25. The molecule has 2 atom stereocenters. The topological polar surface area (TPSA) is 77.2 Å². The minimum atomic E-state index is 0.260. The predicted octanol–water partition coefficient (Wildman–Crippen LogP) is 0.967. The molecular formula is C14H19N5O. The van der Waals surface area contributed by atoms with Gasteiger partial charge in [-0.15, -0.1) is 0 Å². The fourth-order valence-corrected chi connectivity index (χ4v) is 2.76. The highest BCUT2D eigenvalue weighted by Gasteiger charge is 2.28. The molecule has 1 aliphatic heterocycles. The average Bonchev–Trinajstić information content (AvgIpc) is 2.53. The second-order valence-electron chi connectivity index (χ2n) is 5.03. The lowest BCUT2D eigenvalue weighted by atomic mass is 9.99. The van der Waals surface area contributed by atoms with Crippen LogP contribution in [0, 0.1) is 0 Å². The third kappa shape index (κ3) is 2.44. The molecule has 1 aliphatic rings. The third-order valence-electron chi connectivity index (χ3n) is 3.88. The summed E-state index contributed by atoms with van der Waals surface area (Å²) in [5.41, 5.74) is 7.40. The van der Waals surface area contributed by atoms with Crippen LogP contribution in [0.2, 0.25) is 0 Å². The molecular weight excluding hydrogens is 254 g/mol. The summed E-state index contributed by atoms with van der Waals surface area (Å²) in [6.45, 7) is 1.50. The smallest absolute Gasteiger partial charge is 0.180 e. The molecule has 0 aliphatic carbocycles. The Hall–Kier alpha value is -1.79. The van der Waals surface area contributed by atoms with Crippen LogP contribution in [0.4, 0.5) is 5.82 Å². The number of aromatic nitrogens is 3. The van der Waals surface area contributed by atoms with E-state index in [0.29, 0.717) is 18.3 Å². The molecule has 0 radical (unpaired) electrons. The van der Waals surface area contributed by atoms with E-state index >= 15 is 0 Å². The first-order chi connectivity index (χ1) is 9.81. The number of fused-ring (bicyclic) bond motifs is 1. The molecule has 0 saturated carbocycles. The first-order valence-corrected chi connectivity index (χ1v) is 6.89. The summed E-state index contributed by atoms with van der Waals surface area (Å²) >= 11 is 0. The van der Waals surface area contributed by atoms with Gasteiger partial charge in [-0.2, -0.15) is 0 Å². The quantitative estimate of drug-likeness (QED) is 0.898. The summed E-state index contributed by atoms with van der Waals surface area (Å²) < 4.78 is 5.45. The molecule has 0 amide bonds. The van der Waals surface area contributed by atoms with Gasteiger partial charge >= 0.3 is 0 Å². The summed E-state index contributed by atoms with van der Waals surface area (Å²) in [4.78, 5) is 15.4. The number of nitrogens with zero attached hydrogens (tertiary/aromatic N) is 4. The highest BCUT2D eigenvalue weighted by molar-refractivity contribution is 5.71. The van der Waals surface area contributed by atoms with Gasteiger partial charge in [-0.1, -0.05) is 0 Å². The maximum absolute atomic E-state index is 5.91. The Morgan fingerprint density at radius 2 is 2.20 bits per heavy atom. The Kier molecular flexibility index (Phi) is 3.75. The third-order valence-corrected chi connectivity index (χ3v) is 3.88. The van der Waals surface area contributed by atoms with Crippen LogP contribution in [0.1, 0.15) is 12.8 Å². The SMILES string of the molecule is COC1CCN(c2ccc3nccnc3n2)C(CN)C1. The maximum Gasteiger partial charge on any atom is 0.180 e. The number of piperidine rings is 1. The van der Waals surface area contributed by atoms with Crippen molar-refractivity contribution in [2.45, 2.75) is 25.0 Å². The highest BCUT2D eigenvalue weighted by atomic mass is 16.5. The number of anilines is 1. The molecule has 0 spiro atoms. The van der Waals surface area contributed by atoms with Crippen molar-refractivity contribution in [2.24, 2.45) is 5.73 Å². The monoisotopic (exact) mass is 273 g/mol. The van der Waals surface area contributed by atoms with Crippen LogP contribution in [0.15, 0.2) is 24.5 Å². The van der Waals surface area contributed by atoms with Crippen LogP contribution in [0.25, 0.3) is 11.2 Å². The van der Waals surface area contributed by atoms with Gasteiger partial charge in [-0.3, -0.25) is 4.98 Å².